The first kappa shape index (κ1) is 17.8. The van der Waals surface area contributed by atoms with Crippen molar-refractivity contribution >= 4 is 34.7 Å². The van der Waals surface area contributed by atoms with E-state index in [1.807, 2.05) is 38.1 Å². The lowest BCUT2D eigenvalue weighted by Crippen LogP contribution is -2.00. The first-order chi connectivity index (χ1) is 11.4. The van der Waals surface area contributed by atoms with Crippen LogP contribution in [0.2, 0.25) is 0 Å². The van der Waals surface area contributed by atoms with Crippen LogP contribution in [0.25, 0.3) is 11.6 Å². The molecule has 0 heterocycles. The third-order valence-electron chi connectivity index (χ3n) is 3.76. The van der Waals surface area contributed by atoms with E-state index in [1.54, 1.807) is 12.1 Å². The second-order valence-electron chi connectivity index (χ2n) is 5.84. The number of rotatable bonds is 6. The van der Waals surface area contributed by atoms with Gasteiger partial charge < -0.3 is 5.11 Å². The molecule has 0 atom stereocenters. The van der Waals surface area contributed by atoms with Crippen LogP contribution >= 0.6 is 12.2 Å². The van der Waals surface area contributed by atoms with Gasteiger partial charge in [0.2, 0.25) is 0 Å². The average Bonchev–Trinajstić information content (AvgIpc) is 2.55. The molecular formula is C21H20O2S. The summed E-state index contributed by atoms with van der Waals surface area (Å²) in [6.45, 7) is 7.86. The third kappa shape index (κ3) is 4.74. The summed E-state index contributed by atoms with van der Waals surface area (Å²) in [5, 5.41) is 8.94. The van der Waals surface area contributed by atoms with Crippen molar-refractivity contribution in [1.82, 2.24) is 0 Å². The number of allylic oxidation sites excluding steroid dienone is 2. The molecule has 2 aromatic rings. The van der Waals surface area contributed by atoms with Crippen LogP contribution in [-0.2, 0) is 6.42 Å². The van der Waals surface area contributed by atoms with Gasteiger partial charge in [-0.15, -0.1) is 0 Å². The van der Waals surface area contributed by atoms with E-state index in [9.17, 15) is 4.79 Å². The molecule has 0 aliphatic rings. The van der Waals surface area contributed by atoms with Gasteiger partial charge in [0.15, 0.2) is 0 Å². The molecule has 0 spiro atoms. The van der Waals surface area contributed by atoms with Crippen LogP contribution in [0.15, 0.2) is 60.7 Å². The molecule has 122 valence electrons. The number of carboxylic acids is 1. The van der Waals surface area contributed by atoms with Crippen LogP contribution in [-0.4, -0.2) is 15.9 Å². The van der Waals surface area contributed by atoms with Crippen molar-refractivity contribution < 1.29 is 9.90 Å². The van der Waals surface area contributed by atoms with Gasteiger partial charge >= 0.3 is 5.97 Å². The Bertz CT molecular complexity index is 814. The van der Waals surface area contributed by atoms with Crippen molar-refractivity contribution in [2.75, 3.05) is 0 Å². The molecule has 0 bridgehead atoms. The summed E-state index contributed by atoms with van der Waals surface area (Å²) in [5.74, 6) is -0.913. The van der Waals surface area contributed by atoms with Crippen LogP contribution in [0.3, 0.4) is 0 Å². The van der Waals surface area contributed by atoms with Crippen LogP contribution < -0.4 is 0 Å². The van der Waals surface area contributed by atoms with Gasteiger partial charge in [0.05, 0.1) is 5.56 Å². The summed E-state index contributed by atoms with van der Waals surface area (Å²) in [7, 11) is 0. The first-order valence-electron chi connectivity index (χ1n) is 7.66. The Labute approximate surface area is 148 Å². The van der Waals surface area contributed by atoms with Gasteiger partial charge in [-0.2, -0.15) is 0 Å². The summed E-state index contributed by atoms with van der Waals surface area (Å²) in [4.78, 5) is 11.8. The highest BCUT2D eigenvalue weighted by Crippen LogP contribution is 2.20. The molecule has 0 saturated heterocycles. The molecule has 2 aromatic carbocycles. The van der Waals surface area contributed by atoms with Crippen LogP contribution in [0.5, 0.6) is 0 Å². The Morgan fingerprint density at radius 2 is 1.79 bits per heavy atom. The number of carbonyl (C=O) groups is 1. The van der Waals surface area contributed by atoms with Gasteiger partial charge in [0, 0.05) is 11.3 Å². The highest BCUT2D eigenvalue weighted by Gasteiger charge is 2.04. The lowest BCUT2D eigenvalue weighted by molar-refractivity contribution is 0.0697. The minimum atomic E-state index is -0.913. The van der Waals surface area contributed by atoms with Gasteiger partial charge in [0.25, 0.3) is 0 Å². The van der Waals surface area contributed by atoms with Crippen molar-refractivity contribution in [3.05, 3.63) is 82.9 Å². The van der Waals surface area contributed by atoms with E-state index < -0.39 is 5.97 Å². The van der Waals surface area contributed by atoms with Crippen LogP contribution in [0, 0.1) is 0 Å². The number of benzene rings is 2. The zero-order chi connectivity index (χ0) is 17.7. The van der Waals surface area contributed by atoms with Crippen molar-refractivity contribution in [2.45, 2.75) is 20.3 Å². The van der Waals surface area contributed by atoms with E-state index in [0.29, 0.717) is 5.56 Å². The van der Waals surface area contributed by atoms with E-state index in [0.717, 1.165) is 39.1 Å². The monoisotopic (exact) mass is 336 g/mol. The maximum absolute atomic E-state index is 10.9. The summed E-state index contributed by atoms with van der Waals surface area (Å²) in [5.41, 5.74) is 5.59. The zero-order valence-electron chi connectivity index (χ0n) is 13.9. The molecular weight excluding hydrogens is 316 g/mol. The zero-order valence-corrected chi connectivity index (χ0v) is 14.7. The molecule has 2 rings (SSSR count). The van der Waals surface area contributed by atoms with E-state index >= 15 is 0 Å². The molecule has 0 amide bonds. The molecule has 0 unspecified atom stereocenters. The molecule has 24 heavy (non-hydrogen) atoms. The molecule has 0 aliphatic heterocycles. The van der Waals surface area contributed by atoms with E-state index in [1.165, 1.54) is 0 Å². The lowest BCUT2D eigenvalue weighted by atomic mass is 9.99. The Morgan fingerprint density at radius 1 is 1.12 bits per heavy atom. The highest BCUT2D eigenvalue weighted by atomic mass is 32.1. The van der Waals surface area contributed by atoms with Crippen molar-refractivity contribution in [3.63, 3.8) is 0 Å². The van der Waals surface area contributed by atoms with E-state index in [-0.39, 0.29) is 0 Å². The van der Waals surface area contributed by atoms with E-state index in [4.69, 9.17) is 17.3 Å². The van der Waals surface area contributed by atoms with Crippen LogP contribution in [0.1, 0.15) is 40.9 Å². The fourth-order valence-corrected chi connectivity index (χ4v) is 2.48. The largest absolute Gasteiger partial charge is 0.478 e. The quantitative estimate of drug-likeness (QED) is 0.434. The number of carboxylic acid groups (broad SMARTS) is 1. The maximum Gasteiger partial charge on any atom is 0.335 e. The van der Waals surface area contributed by atoms with Crippen molar-refractivity contribution in [3.8, 4) is 0 Å². The molecule has 3 heteroatoms. The topological polar surface area (TPSA) is 37.3 Å². The first-order valence-corrected chi connectivity index (χ1v) is 8.07. The fraction of sp³-hybridized carbons (Fsp3) is 0.143. The highest BCUT2D eigenvalue weighted by molar-refractivity contribution is 7.80. The minimum Gasteiger partial charge on any atom is -0.478 e. The molecule has 2 nitrogen and oxygen atoms in total. The van der Waals surface area contributed by atoms with Gasteiger partial charge in [-0.05, 0) is 53.8 Å². The average molecular weight is 336 g/mol. The predicted octanol–water partition coefficient (Wildman–Crippen LogP) is 5.43. The van der Waals surface area contributed by atoms with Crippen molar-refractivity contribution in [1.29, 1.82) is 0 Å². The van der Waals surface area contributed by atoms with Crippen molar-refractivity contribution in [2.24, 2.45) is 0 Å². The molecule has 1 N–H and O–H groups in total. The standard InChI is InChI=1S/C21H20O2S/c1-14(2)20(24)13-17-5-4-6-19(12-17)15(3)11-16-7-9-18(10-8-16)21(22)23/h4-12H,1,13H2,2-3H3,(H,22,23)/b15-11+. The number of hydrogen-bond acceptors (Lipinski definition) is 2. The summed E-state index contributed by atoms with van der Waals surface area (Å²) >= 11 is 5.34. The summed E-state index contributed by atoms with van der Waals surface area (Å²) in [6, 6.07) is 15.1. The fourth-order valence-electron chi connectivity index (χ4n) is 2.32. The Hall–Kier alpha value is -2.52. The molecule has 0 radical (unpaired) electrons. The van der Waals surface area contributed by atoms with Gasteiger partial charge in [0.1, 0.15) is 0 Å². The second kappa shape index (κ2) is 7.84. The molecule has 0 saturated carbocycles. The normalized spacial score (nSPS) is 11.2. The van der Waals surface area contributed by atoms with Gasteiger partial charge in [-0.1, -0.05) is 61.3 Å². The van der Waals surface area contributed by atoms with Gasteiger partial charge in [-0.25, -0.2) is 4.79 Å². The van der Waals surface area contributed by atoms with E-state index in [2.05, 4.69) is 24.8 Å². The minimum absolute atomic E-state index is 0.292. The number of hydrogen-bond donors (Lipinski definition) is 1. The summed E-state index contributed by atoms with van der Waals surface area (Å²) < 4.78 is 0. The Kier molecular flexibility index (Phi) is 5.83. The maximum atomic E-state index is 10.9. The summed E-state index contributed by atoms with van der Waals surface area (Å²) in [6.07, 6.45) is 2.76. The molecule has 0 aromatic heterocycles. The third-order valence-corrected chi connectivity index (χ3v) is 4.26. The number of thiocarbonyl (C=S) groups is 1. The SMILES string of the molecule is C=C(C)C(=S)Cc1cccc(/C(C)=C/c2ccc(C(=O)O)cc2)c1. The lowest BCUT2D eigenvalue weighted by Gasteiger charge is -2.07. The molecule has 0 aliphatic carbocycles. The van der Waals surface area contributed by atoms with Gasteiger partial charge in [-0.3, -0.25) is 0 Å². The van der Waals surface area contributed by atoms with Crippen LogP contribution in [0.4, 0.5) is 0 Å². The Morgan fingerprint density at radius 3 is 2.38 bits per heavy atom. The second-order valence-corrected chi connectivity index (χ2v) is 6.33. The molecule has 0 fully saturated rings. The predicted molar refractivity (Wildman–Crippen MR) is 105 cm³/mol. The smallest absolute Gasteiger partial charge is 0.335 e. The number of aromatic carboxylic acids is 1. The Balaban J connectivity index is 2.22.